The van der Waals surface area contributed by atoms with Gasteiger partial charge >= 0.3 is 0 Å². The molecule has 0 saturated heterocycles. The molecule has 1 nitrogen and oxygen atoms in total. The maximum Gasteiger partial charge on any atom is 0.0670 e. The molecule has 0 N–H and O–H groups in total. The lowest BCUT2D eigenvalue weighted by Crippen LogP contribution is -1.88. The van der Waals surface area contributed by atoms with Gasteiger partial charge in [0.2, 0.25) is 0 Å². The Bertz CT molecular complexity index is 78.6. The van der Waals surface area contributed by atoms with Gasteiger partial charge in [-0.1, -0.05) is 27.6 Å². The van der Waals surface area contributed by atoms with E-state index in [0.29, 0.717) is 0 Å². The summed E-state index contributed by atoms with van der Waals surface area (Å²) in [5.41, 5.74) is 1.27. The van der Waals surface area contributed by atoms with Crippen LogP contribution in [0.1, 0.15) is 6.92 Å². The summed E-state index contributed by atoms with van der Waals surface area (Å²) in [7, 11) is 1.70. The fraction of sp³-hybridized carbons (Fsp3) is 0.667. The molecule has 0 aliphatic rings. The highest BCUT2D eigenvalue weighted by molar-refractivity contribution is 9.09. The number of alkyl halides is 1. The van der Waals surface area contributed by atoms with Crippen LogP contribution in [0.3, 0.4) is 0 Å². The van der Waals surface area contributed by atoms with Crippen LogP contribution in [0.4, 0.5) is 0 Å². The van der Waals surface area contributed by atoms with Gasteiger partial charge in [0.25, 0.3) is 0 Å². The van der Waals surface area contributed by atoms with Crippen LogP contribution >= 0.6 is 15.9 Å². The molecule has 0 aliphatic carbocycles. The van der Waals surface area contributed by atoms with E-state index in [1.165, 1.54) is 5.57 Å². The van der Waals surface area contributed by atoms with Gasteiger partial charge in [-0.05, 0) is 6.92 Å². The van der Waals surface area contributed by atoms with Gasteiger partial charge < -0.3 is 4.74 Å². The van der Waals surface area contributed by atoms with Crippen LogP contribution in [0.25, 0.3) is 0 Å². The third kappa shape index (κ3) is 4.34. The number of ether oxygens (including phenoxy) is 1. The normalized spacial score (nSPS) is 12.1. The topological polar surface area (TPSA) is 9.23 Å². The molecule has 0 aromatic rings. The number of allylic oxidation sites excluding steroid dienone is 1. The van der Waals surface area contributed by atoms with E-state index in [4.69, 9.17) is 4.74 Å². The summed E-state index contributed by atoms with van der Waals surface area (Å²) in [5.74, 6) is 0. The Morgan fingerprint density at radius 1 is 1.75 bits per heavy atom. The van der Waals surface area contributed by atoms with Crippen molar-refractivity contribution in [3.63, 3.8) is 0 Å². The van der Waals surface area contributed by atoms with Crippen LogP contribution in [0, 0.1) is 0 Å². The third-order valence-electron chi connectivity index (χ3n) is 0.798. The van der Waals surface area contributed by atoms with Gasteiger partial charge in [0.15, 0.2) is 0 Å². The van der Waals surface area contributed by atoms with Gasteiger partial charge in [-0.2, -0.15) is 0 Å². The fourth-order valence-electron chi connectivity index (χ4n) is 0.418. The molecule has 0 aliphatic heterocycles. The SMILES string of the molecule is COC/C(C)=C/CBr. The van der Waals surface area contributed by atoms with Crippen molar-refractivity contribution in [3.8, 4) is 0 Å². The molecular formula is C6H11BrO. The molecule has 0 spiro atoms. The van der Waals surface area contributed by atoms with Crippen molar-refractivity contribution in [3.05, 3.63) is 11.6 Å². The lowest BCUT2D eigenvalue weighted by atomic mass is 10.3. The van der Waals surface area contributed by atoms with E-state index < -0.39 is 0 Å². The first-order valence-electron chi connectivity index (χ1n) is 2.51. The maximum atomic E-state index is 4.87. The van der Waals surface area contributed by atoms with Crippen LogP contribution in [0.2, 0.25) is 0 Å². The zero-order chi connectivity index (χ0) is 6.41. The second-order valence-electron chi connectivity index (χ2n) is 1.64. The first-order chi connectivity index (χ1) is 3.81. The van der Waals surface area contributed by atoms with Crippen molar-refractivity contribution in [1.29, 1.82) is 0 Å². The molecule has 0 amide bonds. The minimum absolute atomic E-state index is 0.742. The minimum Gasteiger partial charge on any atom is -0.380 e. The summed E-state index contributed by atoms with van der Waals surface area (Å²) in [6, 6.07) is 0. The van der Waals surface area contributed by atoms with Crippen molar-refractivity contribution < 1.29 is 4.74 Å². The summed E-state index contributed by atoms with van der Waals surface area (Å²) >= 11 is 3.29. The zero-order valence-electron chi connectivity index (χ0n) is 5.28. The highest BCUT2D eigenvalue weighted by atomic mass is 79.9. The van der Waals surface area contributed by atoms with Gasteiger partial charge in [-0.15, -0.1) is 0 Å². The van der Waals surface area contributed by atoms with E-state index in [1.807, 2.05) is 6.92 Å². The Balaban J connectivity index is 3.29. The molecule has 48 valence electrons. The first kappa shape index (κ1) is 8.18. The average Bonchev–Trinajstić information content (AvgIpc) is 1.68. The van der Waals surface area contributed by atoms with Gasteiger partial charge in [-0.3, -0.25) is 0 Å². The summed E-state index contributed by atoms with van der Waals surface area (Å²) in [4.78, 5) is 0. The van der Waals surface area contributed by atoms with Crippen molar-refractivity contribution >= 4 is 15.9 Å². The molecule has 0 aromatic heterocycles. The number of hydrogen-bond acceptors (Lipinski definition) is 1. The quantitative estimate of drug-likeness (QED) is 0.475. The molecule has 0 unspecified atom stereocenters. The van der Waals surface area contributed by atoms with E-state index >= 15 is 0 Å². The Morgan fingerprint density at radius 2 is 2.38 bits per heavy atom. The Hall–Kier alpha value is 0.180. The molecule has 0 bridgehead atoms. The van der Waals surface area contributed by atoms with Crippen LogP contribution in [0.5, 0.6) is 0 Å². The fourth-order valence-corrected chi connectivity index (χ4v) is 0.971. The van der Waals surface area contributed by atoms with Crippen LogP contribution in [0.15, 0.2) is 11.6 Å². The van der Waals surface area contributed by atoms with Crippen molar-refractivity contribution in [1.82, 2.24) is 0 Å². The monoisotopic (exact) mass is 178 g/mol. The summed E-state index contributed by atoms with van der Waals surface area (Å²) < 4.78 is 4.87. The standard InChI is InChI=1S/C6H11BrO/c1-6(3-4-7)5-8-2/h3H,4-5H2,1-2H3/b6-3+. The highest BCUT2D eigenvalue weighted by Gasteiger charge is 1.82. The molecule has 0 fully saturated rings. The molecule has 0 radical (unpaired) electrons. The maximum absolute atomic E-state index is 4.87. The van der Waals surface area contributed by atoms with Crippen molar-refractivity contribution in [2.45, 2.75) is 6.92 Å². The molecule has 8 heavy (non-hydrogen) atoms. The molecular weight excluding hydrogens is 168 g/mol. The van der Waals surface area contributed by atoms with Gasteiger partial charge in [0.1, 0.15) is 0 Å². The zero-order valence-corrected chi connectivity index (χ0v) is 6.86. The van der Waals surface area contributed by atoms with Gasteiger partial charge in [-0.25, -0.2) is 0 Å². The Morgan fingerprint density at radius 3 is 2.75 bits per heavy atom. The van der Waals surface area contributed by atoms with E-state index in [9.17, 15) is 0 Å². The number of rotatable bonds is 3. The van der Waals surface area contributed by atoms with Crippen LogP contribution < -0.4 is 0 Å². The van der Waals surface area contributed by atoms with E-state index in [0.717, 1.165) is 11.9 Å². The minimum atomic E-state index is 0.742. The number of halogens is 1. The highest BCUT2D eigenvalue weighted by Crippen LogP contribution is 1.93. The van der Waals surface area contributed by atoms with E-state index in [1.54, 1.807) is 7.11 Å². The second kappa shape index (κ2) is 5.32. The Kier molecular flexibility index (Phi) is 5.44. The van der Waals surface area contributed by atoms with Crippen LogP contribution in [-0.2, 0) is 4.74 Å². The molecule has 2 heteroatoms. The predicted octanol–water partition coefficient (Wildman–Crippen LogP) is 1.97. The molecule has 0 rings (SSSR count). The lowest BCUT2D eigenvalue weighted by Gasteiger charge is -1.94. The molecule has 0 atom stereocenters. The smallest absolute Gasteiger partial charge is 0.0670 e. The molecule has 0 aromatic carbocycles. The lowest BCUT2D eigenvalue weighted by molar-refractivity contribution is 0.226. The number of methoxy groups -OCH3 is 1. The third-order valence-corrected chi connectivity index (χ3v) is 1.12. The average molecular weight is 179 g/mol. The van der Waals surface area contributed by atoms with E-state index in [-0.39, 0.29) is 0 Å². The van der Waals surface area contributed by atoms with Crippen LogP contribution in [-0.4, -0.2) is 19.0 Å². The van der Waals surface area contributed by atoms with Gasteiger partial charge in [0, 0.05) is 12.4 Å². The predicted molar refractivity (Wildman–Crippen MR) is 39.4 cm³/mol. The number of hydrogen-bond donors (Lipinski definition) is 0. The van der Waals surface area contributed by atoms with E-state index in [2.05, 4.69) is 22.0 Å². The first-order valence-corrected chi connectivity index (χ1v) is 3.64. The summed E-state index contributed by atoms with van der Waals surface area (Å²) in [5, 5.41) is 0.919. The van der Waals surface area contributed by atoms with Gasteiger partial charge in [0.05, 0.1) is 6.61 Å². The molecule has 0 saturated carbocycles. The van der Waals surface area contributed by atoms with Crippen molar-refractivity contribution in [2.75, 3.05) is 19.0 Å². The summed E-state index contributed by atoms with van der Waals surface area (Å²) in [6.45, 7) is 2.79. The second-order valence-corrected chi connectivity index (χ2v) is 2.29. The Labute approximate surface area is 58.9 Å². The largest absolute Gasteiger partial charge is 0.380 e. The molecule has 0 heterocycles. The van der Waals surface area contributed by atoms with Crippen molar-refractivity contribution in [2.24, 2.45) is 0 Å². The summed E-state index contributed by atoms with van der Waals surface area (Å²) in [6.07, 6.45) is 2.09.